The molecule has 3 rings (SSSR count). The minimum absolute atomic E-state index is 0.0901. The Bertz CT molecular complexity index is 730. The van der Waals surface area contributed by atoms with Crippen LogP contribution in [0.15, 0.2) is 42.6 Å². The van der Waals surface area contributed by atoms with Gasteiger partial charge in [-0.15, -0.1) is 0 Å². The smallest absolute Gasteiger partial charge is 0.317 e. The minimum atomic E-state index is -0.0901. The van der Waals surface area contributed by atoms with Crippen LogP contribution in [-0.2, 0) is 6.54 Å². The number of hydrogen-bond donors (Lipinski definition) is 2. The average molecular weight is 342 g/mol. The Morgan fingerprint density at radius 3 is 2.72 bits per heavy atom. The van der Waals surface area contributed by atoms with Crippen LogP contribution in [0.2, 0.25) is 0 Å². The third-order valence-corrected chi connectivity index (χ3v) is 4.24. The van der Waals surface area contributed by atoms with Crippen LogP contribution in [-0.4, -0.2) is 54.3 Å². The van der Waals surface area contributed by atoms with Crippen molar-refractivity contribution < 1.29 is 14.6 Å². The SMILES string of the molecule is COc1cc(CNC(=O)N2CCN(c3ccccc3O)CC2)ccn1. The number of carbonyl (C=O) groups excluding carboxylic acids is 1. The predicted molar refractivity (Wildman–Crippen MR) is 94.9 cm³/mol. The molecule has 25 heavy (non-hydrogen) atoms. The number of phenols is 1. The molecule has 7 heteroatoms. The van der Waals surface area contributed by atoms with E-state index < -0.39 is 0 Å². The molecule has 132 valence electrons. The van der Waals surface area contributed by atoms with Crippen LogP contribution in [0, 0.1) is 0 Å². The van der Waals surface area contributed by atoms with Crippen molar-refractivity contribution in [2.24, 2.45) is 0 Å². The van der Waals surface area contributed by atoms with E-state index in [1.807, 2.05) is 18.2 Å². The van der Waals surface area contributed by atoms with Crippen molar-refractivity contribution in [1.29, 1.82) is 0 Å². The molecule has 0 unspecified atom stereocenters. The van der Waals surface area contributed by atoms with E-state index in [0.717, 1.165) is 11.3 Å². The molecule has 1 aliphatic rings. The molecule has 0 bridgehead atoms. The lowest BCUT2D eigenvalue weighted by atomic mass is 10.2. The molecule has 1 aromatic heterocycles. The highest BCUT2D eigenvalue weighted by Gasteiger charge is 2.22. The molecular formula is C18H22N4O3. The van der Waals surface area contributed by atoms with Gasteiger partial charge in [0.05, 0.1) is 12.8 Å². The van der Waals surface area contributed by atoms with Crippen LogP contribution in [0.5, 0.6) is 11.6 Å². The van der Waals surface area contributed by atoms with Gasteiger partial charge in [0.25, 0.3) is 0 Å². The Labute approximate surface area is 146 Å². The normalized spacial score (nSPS) is 14.3. The second-order valence-electron chi connectivity index (χ2n) is 5.83. The quantitative estimate of drug-likeness (QED) is 0.886. The molecule has 1 aromatic carbocycles. The number of pyridine rings is 1. The Morgan fingerprint density at radius 2 is 2.00 bits per heavy atom. The first kappa shape index (κ1) is 16.9. The summed E-state index contributed by atoms with van der Waals surface area (Å²) in [6.07, 6.45) is 1.66. The number of phenolic OH excluding ortho intramolecular Hbond substituents is 1. The Hall–Kier alpha value is -2.96. The Balaban J connectivity index is 1.50. The fourth-order valence-electron chi connectivity index (χ4n) is 2.84. The number of nitrogens with zero attached hydrogens (tertiary/aromatic N) is 3. The summed E-state index contributed by atoms with van der Waals surface area (Å²) in [5.74, 6) is 0.801. The van der Waals surface area contributed by atoms with Gasteiger partial charge in [0, 0.05) is 45.0 Å². The molecule has 2 N–H and O–H groups in total. The van der Waals surface area contributed by atoms with Gasteiger partial charge in [-0.25, -0.2) is 9.78 Å². The highest BCUT2D eigenvalue weighted by molar-refractivity contribution is 5.74. The summed E-state index contributed by atoms with van der Waals surface area (Å²) >= 11 is 0. The van der Waals surface area contributed by atoms with E-state index in [1.165, 1.54) is 0 Å². The maximum Gasteiger partial charge on any atom is 0.317 e. The van der Waals surface area contributed by atoms with Gasteiger partial charge < -0.3 is 25.0 Å². The fraction of sp³-hybridized carbons (Fsp3) is 0.333. The van der Waals surface area contributed by atoms with Gasteiger partial charge in [-0.3, -0.25) is 0 Å². The lowest BCUT2D eigenvalue weighted by molar-refractivity contribution is 0.194. The number of carbonyl (C=O) groups is 1. The molecule has 0 saturated carbocycles. The number of rotatable bonds is 4. The van der Waals surface area contributed by atoms with E-state index in [1.54, 1.807) is 36.4 Å². The molecule has 0 radical (unpaired) electrons. The second kappa shape index (κ2) is 7.74. The van der Waals surface area contributed by atoms with E-state index in [2.05, 4.69) is 15.2 Å². The van der Waals surface area contributed by atoms with Gasteiger partial charge in [0.2, 0.25) is 5.88 Å². The summed E-state index contributed by atoms with van der Waals surface area (Å²) in [6.45, 7) is 3.03. The third-order valence-electron chi connectivity index (χ3n) is 4.24. The molecule has 0 atom stereocenters. The number of piperazine rings is 1. The summed E-state index contributed by atoms with van der Waals surface area (Å²) in [7, 11) is 1.56. The number of benzene rings is 1. The van der Waals surface area contributed by atoms with Crippen molar-refractivity contribution in [3.8, 4) is 11.6 Å². The van der Waals surface area contributed by atoms with Crippen molar-refractivity contribution in [1.82, 2.24) is 15.2 Å². The first-order valence-electron chi connectivity index (χ1n) is 8.22. The monoisotopic (exact) mass is 342 g/mol. The fourth-order valence-corrected chi connectivity index (χ4v) is 2.84. The average Bonchev–Trinajstić information content (AvgIpc) is 2.67. The van der Waals surface area contributed by atoms with Gasteiger partial charge >= 0.3 is 6.03 Å². The Morgan fingerprint density at radius 1 is 1.24 bits per heavy atom. The summed E-state index contributed by atoms with van der Waals surface area (Å²) < 4.78 is 5.08. The van der Waals surface area contributed by atoms with E-state index in [9.17, 15) is 9.90 Å². The standard InChI is InChI=1S/C18H22N4O3/c1-25-17-12-14(6-7-19-17)13-20-18(24)22-10-8-21(9-11-22)15-4-2-3-5-16(15)23/h2-7,12,23H,8-11,13H2,1H3,(H,20,24). The molecule has 0 aliphatic carbocycles. The van der Waals surface area contributed by atoms with Crippen molar-refractivity contribution >= 4 is 11.7 Å². The molecule has 1 aliphatic heterocycles. The first-order valence-corrected chi connectivity index (χ1v) is 8.22. The first-order chi connectivity index (χ1) is 12.2. The number of para-hydroxylation sites is 2. The van der Waals surface area contributed by atoms with Crippen molar-refractivity contribution in [2.75, 3.05) is 38.2 Å². The maximum atomic E-state index is 12.3. The van der Waals surface area contributed by atoms with E-state index in [0.29, 0.717) is 38.6 Å². The zero-order chi connectivity index (χ0) is 17.6. The summed E-state index contributed by atoms with van der Waals surface area (Å²) in [5, 5.41) is 12.9. The van der Waals surface area contributed by atoms with Gasteiger partial charge in [-0.1, -0.05) is 12.1 Å². The molecule has 2 heterocycles. The third kappa shape index (κ3) is 4.12. The van der Waals surface area contributed by atoms with E-state index >= 15 is 0 Å². The number of nitrogens with one attached hydrogen (secondary N) is 1. The van der Waals surface area contributed by atoms with Gasteiger partial charge in [-0.2, -0.15) is 0 Å². The summed E-state index contributed by atoms with van der Waals surface area (Å²) in [5.41, 5.74) is 1.75. The number of ether oxygens (including phenoxy) is 1. The van der Waals surface area contributed by atoms with Crippen LogP contribution < -0.4 is 15.0 Å². The minimum Gasteiger partial charge on any atom is -0.506 e. The zero-order valence-corrected chi connectivity index (χ0v) is 14.2. The molecule has 0 spiro atoms. The number of aromatic nitrogens is 1. The van der Waals surface area contributed by atoms with Crippen LogP contribution >= 0.6 is 0 Å². The van der Waals surface area contributed by atoms with Crippen molar-refractivity contribution in [2.45, 2.75) is 6.54 Å². The lowest BCUT2D eigenvalue weighted by Crippen LogP contribution is -2.51. The van der Waals surface area contributed by atoms with Crippen LogP contribution in [0.1, 0.15) is 5.56 Å². The number of anilines is 1. The molecule has 1 fully saturated rings. The van der Waals surface area contributed by atoms with Crippen molar-refractivity contribution in [3.63, 3.8) is 0 Å². The number of methoxy groups -OCH3 is 1. The number of aromatic hydroxyl groups is 1. The van der Waals surface area contributed by atoms with E-state index in [-0.39, 0.29) is 11.8 Å². The summed E-state index contributed by atoms with van der Waals surface area (Å²) in [4.78, 5) is 20.3. The molecule has 2 amide bonds. The maximum absolute atomic E-state index is 12.3. The number of urea groups is 1. The topological polar surface area (TPSA) is 77.9 Å². The van der Waals surface area contributed by atoms with Gasteiger partial charge in [-0.05, 0) is 23.8 Å². The molecule has 1 saturated heterocycles. The Kier molecular flexibility index (Phi) is 5.23. The van der Waals surface area contributed by atoms with Crippen LogP contribution in [0.3, 0.4) is 0 Å². The van der Waals surface area contributed by atoms with Crippen molar-refractivity contribution in [3.05, 3.63) is 48.2 Å². The zero-order valence-electron chi connectivity index (χ0n) is 14.2. The molecule has 7 nitrogen and oxygen atoms in total. The van der Waals surface area contributed by atoms with Crippen LogP contribution in [0.25, 0.3) is 0 Å². The number of amides is 2. The highest BCUT2D eigenvalue weighted by Crippen LogP contribution is 2.27. The predicted octanol–water partition coefficient (Wildman–Crippen LogP) is 1.83. The molecular weight excluding hydrogens is 320 g/mol. The van der Waals surface area contributed by atoms with Gasteiger partial charge in [0.15, 0.2) is 0 Å². The largest absolute Gasteiger partial charge is 0.506 e. The highest BCUT2D eigenvalue weighted by atomic mass is 16.5. The van der Waals surface area contributed by atoms with Crippen LogP contribution in [0.4, 0.5) is 10.5 Å². The lowest BCUT2D eigenvalue weighted by Gasteiger charge is -2.36. The molecule has 2 aromatic rings. The summed E-state index contributed by atoms with van der Waals surface area (Å²) in [6, 6.07) is 10.8. The number of hydrogen-bond acceptors (Lipinski definition) is 5. The van der Waals surface area contributed by atoms with E-state index in [4.69, 9.17) is 4.74 Å². The second-order valence-corrected chi connectivity index (χ2v) is 5.83. The van der Waals surface area contributed by atoms with Gasteiger partial charge in [0.1, 0.15) is 5.75 Å².